The molecule has 2 rings (SSSR count). The van der Waals surface area contributed by atoms with Crippen molar-refractivity contribution in [2.24, 2.45) is 0 Å². The van der Waals surface area contributed by atoms with Crippen molar-refractivity contribution in [3.63, 3.8) is 0 Å². The molecule has 0 aliphatic rings. The Morgan fingerprint density at radius 3 is 2.79 bits per heavy atom. The number of sulfone groups is 1. The molecule has 0 unspecified atom stereocenters. The Hall–Kier alpha value is -1.56. The third-order valence-electron chi connectivity index (χ3n) is 2.01. The number of nitrogens with two attached hydrogens (primary N) is 1. The summed E-state index contributed by atoms with van der Waals surface area (Å²) in [5.41, 5.74) is 6.64. The van der Waals surface area contributed by atoms with Crippen molar-refractivity contribution in [3.8, 4) is 0 Å². The number of anilines is 1. The molecule has 5 nitrogen and oxygen atoms in total. The van der Waals surface area contributed by atoms with E-state index >= 15 is 0 Å². The Bertz CT molecular complexity index is 586. The fraction of sp³-hybridized carbons (Fsp3) is 0.125. The van der Waals surface area contributed by atoms with Crippen molar-refractivity contribution in [2.75, 3.05) is 12.0 Å². The number of nitrogens with zero attached hydrogens (tertiary/aromatic N) is 1. The lowest BCUT2D eigenvalue weighted by Gasteiger charge is -2.01. The maximum absolute atomic E-state index is 11.4. The summed E-state index contributed by atoms with van der Waals surface area (Å²) in [6, 6.07) is 3.04. The predicted octanol–water partition coefficient (Wildman–Crippen LogP) is 0.549. The van der Waals surface area contributed by atoms with E-state index in [9.17, 15) is 8.42 Å². The number of H-pyrrole nitrogens is 1. The smallest absolute Gasteiger partial charge is 0.177 e. The second-order valence-corrected chi connectivity index (χ2v) is 5.07. The topological polar surface area (TPSA) is 88.8 Å². The lowest BCUT2D eigenvalue weighted by atomic mass is 10.2. The minimum atomic E-state index is -3.24. The monoisotopic (exact) mass is 211 g/mol. The van der Waals surface area contributed by atoms with Gasteiger partial charge in [0.15, 0.2) is 9.84 Å². The third-order valence-corrected chi connectivity index (χ3v) is 3.15. The molecule has 0 aliphatic carbocycles. The average Bonchev–Trinajstić information content (AvgIpc) is 2.50. The van der Waals surface area contributed by atoms with Crippen molar-refractivity contribution in [3.05, 3.63) is 18.3 Å². The minimum Gasteiger partial charge on any atom is -0.398 e. The van der Waals surface area contributed by atoms with Gasteiger partial charge in [-0.3, -0.25) is 5.10 Å². The van der Waals surface area contributed by atoms with E-state index in [4.69, 9.17) is 5.73 Å². The Kier molecular flexibility index (Phi) is 1.75. The van der Waals surface area contributed by atoms with Gasteiger partial charge in [0.2, 0.25) is 0 Å². The first-order chi connectivity index (χ1) is 6.50. The zero-order valence-corrected chi connectivity index (χ0v) is 8.30. The number of aromatic nitrogens is 2. The summed E-state index contributed by atoms with van der Waals surface area (Å²) in [4.78, 5) is 0.221. The van der Waals surface area contributed by atoms with Crippen LogP contribution in [-0.2, 0) is 9.84 Å². The Labute approximate surface area is 80.8 Å². The number of aromatic amines is 1. The molecule has 1 heterocycles. The highest BCUT2D eigenvalue weighted by atomic mass is 32.2. The normalized spacial score (nSPS) is 12.1. The second-order valence-electron chi connectivity index (χ2n) is 3.08. The van der Waals surface area contributed by atoms with Crippen LogP contribution in [0.3, 0.4) is 0 Å². The van der Waals surface area contributed by atoms with Crippen LogP contribution in [0, 0.1) is 0 Å². The molecule has 14 heavy (non-hydrogen) atoms. The molecule has 1 aromatic carbocycles. The molecule has 0 bridgehead atoms. The molecule has 0 amide bonds. The summed E-state index contributed by atoms with van der Waals surface area (Å²) in [5, 5.41) is 7.03. The second kappa shape index (κ2) is 2.71. The molecule has 0 spiro atoms. The van der Waals surface area contributed by atoms with Gasteiger partial charge in [0.25, 0.3) is 0 Å². The van der Waals surface area contributed by atoms with Gasteiger partial charge in [0.1, 0.15) is 0 Å². The van der Waals surface area contributed by atoms with Gasteiger partial charge in [0, 0.05) is 17.3 Å². The van der Waals surface area contributed by atoms with Crippen molar-refractivity contribution in [1.29, 1.82) is 0 Å². The number of rotatable bonds is 1. The van der Waals surface area contributed by atoms with Crippen LogP contribution in [0.1, 0.15) is 0 Å². The first-order valence-corrected chi connectivity index (χ1v) is 5.81. The molecule has 0 atom stereocenters. The first kappa shape index (κ1) is 9.01. The molecule has 0 saturated carbocycles. The maximum atomic E-state index is 11.4. The SMILES string of the molecule is CS(=O)(=O)c1ccc(N)c2cn[nH]c12. The Balaban J connectivity index is 2.93. The number of hydrogen-bond donors (Lipinski definition) is 2. The highest BCUT2D eigenvalue weighted by molar-refractivity contribution is 7.91. The lowest BCUT2D eigenvalue weighted by molar-refractivity contribution is 0.602. The summed E-state index contributed by atoms with van der Waals surface area (Å²) >= 11 is 0. The largest absolute Gasteiger partial charge is 0.398 e. The molecule has 2 aromatic rings. The molecule has 3 N–H and O–H groups in total. The summed E-state index contributed by atoms with van der Waals surface area (Å²) in [5.74, 6) is 0. The summed E-state index contributed by atoms with van der Waals surface area (Å²) in [6.07, 6.45) is 2.66. The zero-order valence-electron chi connectivity index (χ0n) is 7.48. The lowest BCUT2D eigenvalue weighted by Crippen LogP contribution is -1.99. The predicted molar refractivity (Wildman–Crippen MR) is 53.6 cm³/mol. The van der Waals surface area contributed by atoms with E-state index in [-0.39, 0.29) is 4.90 Å². The van der Waals surface area contributed by atoms with E-state index in [0.29, 0.717) is 16.6 Å². The van der Waals surface area contributed by atoms with Gasteiger partial charge in [-0.25, -0.2) is 8.42 Å². The molecule has 6 heteroatoms. The van der Waals surface area contributed by atoms with E-state index in [1.807, 2.05) is 0 Å². The van der Waals surface area contributed by atoms with E-state index in [2.05, 4.69) is 10.2 Å². The van der Waals surface area contributed by atoms with Crippen molar-refractivity contribution in [1.82, 2.24) is 10.2 Å². The van der Waals surface area contributed by atoms with E-state index in [1.165, 1.54) is 12.3 Å². The highest BCUT2D eigenvalue weighted by Crippen LogP contribution is 2.25. The number of nitrogens with one attached hydrogen (secondary N) is 1. The van der Waals surface area contributed by atoms with Gasteiger partial charge in [0.05, 0.1) is 16.6 Å². The van der Waals surface area contributed by atoms with Crippen LogP contribution in [0.5, 0.6) is 0 Å². The first-order valence-electron chi connectivity index (χ1n) is 3.92. The van der Waals surface area contributed by atoms with Gasteiger partial charge < -0.3 is 5.73 Å². The number of nitrogen functional groups attached to an aromatic ring is 1. The quantitative estimate of drug-likeness (QED) is 0.674. The van der Waals surface area contributed by atoms with Crippen molar-refractivity contribution in [2.45, 2.75) is 4.90 Å². The average molecular weight is 211 g/mol. The molecular formula is C8H9N3O2S. The summed E-state index contributed by atoms with van der Waals surface area (Å²) in [7, 11) is -3.24. The van der Waals surface area contributed by atoms with Crippen LogP contribution in [0.25, 0.3) is 10.9 Å². The third kappa shape index (κ3) is 1.24. The van der Waals surface area contributed by atoms with Crippen LogP contribution in [0.4, 0.5) is 5.69 Å². The van der Waals surface area contributed by atoms with Gasteiger partial charge in [-0.05, 0) is 12.1 Å². The highest BCUT2D eigenvalue weighted by Gasteiger charge is 2.14. The molecule has 0 saturated heterocycles. The van der Waals surface area contributed by atoms with Crippen LogP contribution < -0.4 is 5.73 Å². The Morgan fingerprint density at radius 1 is 1.43 bits per heavy atom. The fourth-order valence-corrected chi connectivity index (χ4v) is 2.18. The van der Waals surface area contributed by atoms with Crippen LogP contribution in [-0.4, -0.2) is 24.9 Å². The number of fused-ring (bicyclic) bond motifs is 1. The van der Waals surface area contributed by atoms with Gasteiger partial charge >= 0.3 is 0 Å². The molecular weight excluding hydrogens is 202 g/mol. The molecule has 0 radical (unpaired) electrons. The van der Waals surface area contributed by atoms with Gasteiger partial charge in [-0.1, -0.05) is 0 Å². The Morgan fingerprint density at radius 2 is 2.14 bits per heavy atom. The number of hydrogen-bond acceptors (Lipinski definition) is 4. The fourth-order valence-electron chi connectivity index (χ4n) is 1.34. The maximum Gasteiger partial charge on any atom is 0.177 e. The minimum absolute atomic E-state index is 0.221. The number of benzene rings is 1. The standard InChI is InChI=1S/C8H9N3O2S/c1-14(12,13)7-3-2-6(9)5-4-10-11-8(5)7/h2-4H,9H2,1H3,(H,10,11). The molecule has 1 aromatic heterocycles. The van der Waals surface area contributed by atoms with E-state index in [0.717, 1.165) is 6.26 Å². The molecule has 0 aliphatic heterocycles. The van der Waals surface area contributed by atoms with Crippen molar-refractivity contribution < 1.29 is 8.42 Å². The summed E-state index contributed by atoms with van der Waals surface area (Å²) < 4.78 is 22.7. The van der Waals surface area contributed by atoms with Crippen molar-refractivity contribution >= 4 is 26.4 Å². The van der Waals surface area contributed by atoms with Crippen LogP contribution in [0.15, 0.2) is 23.2 Å². The zero-order chi connectivity index (χ0) is 10.3. The van der Waals surface area contributed by atoms with Crippen LogP contribution >= 0.6 is 0 Å². The van der Waals surface area contributed by atoms with Crippen LogP contribution in [0.2, 0.25) is 0 Å². The molecule has 74 valence electrons. The van der Waals surface area contributed by atoms with Gasteiger partial charge in [-0.15, -0.1) is 0 Å². The van der Waals surface area contributed by atoms with E-state index < -0.39 is 9.84 Å². The van der Waals surface area contributed by atoms with E-state index in [1.54, 1.807) is 6.07 Å². The summed E-state index contributed by atoms with van der Waals surface area (Å²) in [6.45, 7) is 0. The molecule has 0 fully saturated rings. The van der Waals surface area contributed by atoms with Gasteiger partial charge in [-0.2, -0.15) is 5.10 Å².